The Balaban J connectivity index is 1.26. The number of nitrogens with zero attached hydrogens (tertiary/aromatic N) is 5. The summed E-state index contributed by atoms with van der Waals surface area (Å²) in [7, 11) is 1.60. The van der Waals surface area contributed by atoms with Crippen LogP contribution in [0.2, 0.25) is 0 Å². The summed E-state index contributed by atoms with van der Waals surface area (Å²) in [6, 6.07) is 5.93. The van der Waals surface area contributed by atoms with Crippen LogP contribution in [0.15, 0.2) is 28.4 Å². The molecule has 2 heterocycles. The molecule has 0 N–H and O–H groups in total. The molecule has 7 rings (SSSR count). The van der Waals surface area contributed by atoms with E-state index in [4.69, 9.17) is 9.72 Å². The number of thiazole rings is 1. The van der Waals surface area contributed by atoms with Gasteiger partial charge in [0.1, 0.15) is 6.61 Å². The van der Waals surface area contributed by atoms with Crippen molar-refractivity contribution in [2.45, 2.75) is 63.9 Å². The van der Waals surface area contributed by atoms with Crippen LogP contribution >= 0.6 is 11.3 Å². The van der Waals surface area contributed by atoms with Crippen LogP contribution in [0.5, 0.6) is 5.19 Å². The number of hydrogen-bond donors (Lipinski definition) is 0. The Morgan fingerprint density at radius 1 is 1.12 bits per heavy atom. The standard InChI is InChI=1S/C24H29N5O2S/c1-3-18-5-4-6-20(29-23(30)28(2)26-27-29)19(18)13-31-22-25-21(14-32-22)24-10-15-7-16(11-24)9-17(8-15)12-24/h4-6,14-17H,3,7-13H2,1-2H3. The molecule has 4 aliphatic carbocycles. The summed E-state index contributed by atoms with van der Waals surface area (Å²) in [6.07, 6.45) is 9.07. The highest BCUT2D eigenvalue weighted by Crippen LogP contribution is 2.60. The number of aromatic nitrogens is 5. The third-order valence-corrected chi connectivity index (χ3v) is 8.74. The average molecular weight is 452 g/mol. The normalized spacial score (nSPS) is 28.4. The first-order valence-corrected chi connectivity index (χ1v) is 12.6. The molecule has 4 saturated carbocycles. The van der Waals surface area contributed by atoms with E-state index in [9.17, 15) is 4.79 Å². The topological polar surface area (TPSA) is 74.8 Å². The Hall–Kier alpha value is -2.48. The van der Waals surface area contributed by atoms with Crippen molar-refractivity contribution in [2.24, 2.45) is 24.8 Å². The quantitative estimate of drug-likeness (QED) is 0.566. The molecular formula is C24H29N5O2S. The number of tetrazole rings is 1. The summed E-state index contributed by atoms with van der Waals surface area (Å²) in [6.45, 7) is 2.47. The van der Waals surface area contributed by atoms with E-state index in [1.54, 1.807) is 18.4 Å². The van der Waals surface area contributed by atoms with E-state index >= 15 is 0 Å². The van der Waals surface area contributed by atoms with Crippen molar-refractivity contribution in [3.05, 3.63) is 50.9 Å². The molecule has 4 bridgehead atoms. The van der Waals surface area contributed by atoms with Gasteiger partial charge >= 0.3 is 5.69 Å². The lowest BCUT2D eigenvalue weighted by Gasteiger charge is -2.56. The molecule has 0 saturated heterocycles. The van der Waals surface area contributed by atoms with Crippen LogP contribution in [0.1, 0.15) is 62.3 Å². The highest BCUT2D eigenvalue weighted by molar-refractivity contribution is 7.11. The predicted molar refractivity (Wildman–Crippen MR) is 122 cm³/mol. The van der Waals surface area contributed by atoms with Crippen LogP contribution in [-0.4, -0.2) is 24.8 Å². The summed E-state index contributed by atoms with van der Waals surface area (Å²) < 4.78 is 8.81. The van der Waals surface area contributed by atoms with E-state index in [-0.39, 0.29) is 11.1 Å². The first kappa shape index (κ1) is 20.1. The zero-order valence-corrected chi connectivity index (χ0v) is 19.5. The Bertz CT molecular complexity index is 1170. The van der Waals surface area contributed by atoms with Crippen LogP contribution in [0, 0.1) is 17.8 Å². The van der Waals surface area contributed by atoms with E-state index in [2.05, 4.69) is 28.8 Å². The van der Waals surface area contributed by atoms with E-state index < -0.39 is 0 Å². The average Bonchev–Trinajstić information content (AvgIpc) is 3.39. The van der Waals surface area contributed by atoms with Gasteiger partial charge in [0.2, 0.25) is 0 Å². The smallest absolute Gasteiger partial charge is 0.368 e. The fourth-order valence-electron chi connectivity index (χ4n) is 6.91. The molecule has 7 nitrogen and oxygen atoms in total. The summed E-state index contributed by atoms with van der Waals surface area (Å²) in [5.74, 6) is 2.70. The van der Waals surface area contributed by atoms with E-state index in [0.29, 0.717) is 6.61 Å². The van der Waals surface area contributed by atoms with Crippen molar-refractivity contribution in [1.82, 2.24) is 24.8 Å². The van der Waals surface area contributed by atoms with Crippen LogP contribution in [-0.2, 0) is 25.5 Å². The molecule has 0 spiro atoms. The molecule has 0 unspecified atom stereocenters. The fourth-order valence-corrected chi connectivity index (χ4v) is 7.70. The summed E-state index contributed by atoms with van der Waals surface area (Å²) >= 11 is 1.61. The molecule has 0 amide bonds. The molecular weight excluding hydrogens is 422 g/mol. The van der Waals surface area contributed by atoms with Gasteiger partial charge in [-0.3, -0.25) is 0 Å². The second-order valence-corrected chi connectivity index (χ2v) is 10.9. The largest absolute Gasteiger partial charge is 0.465 e. The fraction of sp³-hybridized carbons (Fsp3) is 0.583. The lowest BCUT2D eigenvalue weighted by atomic mass is 9.49. The van der Waals surface area contributed by atoms with Crippen molar-refractivity contribution in [3.8, 4) is 10.9 Å². The van der Waals surface area contributed by atoms with Gasteiger partial charge in [0.15, 0.2) is 0 Å². The van der Waals surface area contributed by atoms with E-state index in [0.717, 1.165) is 46.2 Å². The molecule has 1 aromatic carbocycles. The minimum atomic E-state index is -0.266. The second-order valence-electron chi connectivity index (χ2n) is 10.1. The molecule has 32 heavy (non-hydrogen) atoms. The predicted octanol–water partition coefficient (Wildman–Crippen LogP) is 4.03. The number of hydrogen-bond acceptors (Lipinski definition) is 6. The number of aryl methyl sites for hydroxylation is 2. The third kappa shape index (κ3) is 3.22. The van der Waals surface area contributed by atoms with Crippen molar-refractivity contribution in [3.63, 3.8) is 0 Å². The lowest BCUT2D eigenvalue weighted by molar-refractivity contribution is -0.00711. The Morgan fingerprint density at radius 2 is 1.84 bits per heavy atom. The molecule has 8 heteroatoms. The van der Waals surface area contributed by atoms with E-state index in [1.165, 1.54) is 53.6 Å². The maximum Gasteiger partial charge on any atom is 0.368 e. The van der Waals surface area contributed by atoms with Crippen LogP contribution in [0.3, 0.4) is 0 Å². The monoisotopic (exact) mass is 451 g/mol. The number of ether oxygens (including phenoxy) is 1. The van der Waals surface area contributed by atoms with Gasteiger partial charge in [0.25, 0.3) is 5.19 Å². The molecule has 3 aromatic rings. The Labute approximate surface area is 191 Å². The summed E-state index contributed by atoms with van der Waals surface area (Å²) in [5.41, 5.74) is 4.10. The molecule has 4 aliphatic rings. The minimum Gasteiger partial charge on any atom is -0.465 e. The lowest BCUT2D eigenvalue weighted by Crippen LogP contribution is -2.48. The first-order chi connectivity index (χ1) is 15.5. The number of rotatable bonds is 6. The van der Waals surface area contributed by atoms with Crippen LogP contribution in [0.4, 0.5) is 0 Å². The van der Waals surface area contributed by atoms with Gasteiger partial charge in [-0.05, 0) is 84.8 Å². The van der Waals surface area contributed by atoms with Crippen molar-refractivity contribution >= 4 is 11.3 Å². The zero-order valence-electron chi connectivity index (χ0n) is 18.7. The van der Waals surface area contributed by atoms with E-state index in [1.807, 2.05) is 12.1 Å². The molecule has 0 atom stereocenters. The van der Waals surface area contributed by atoms with Gasteiger partial charge in [0, 0.05) is 23.4 Å². The summed E-state index contributed by atoms with van der Waals surface area (Å²) in [5, 5.41) is 10.9. The van der Waals surface area contributed by atoms with Gasteiger partial charge in [-0.15, -0.1) is 0 Å². The Kier molecular flexibility index (Phi) is 4.75. The van der Waals surface area contributed by atoms with Crippen molar-refractivity contribution in [2.75, 3.05) is 0 Å². The van der Waals surface area contributed by atoms with Crippen molar-refractivity contribution < 1.29 is 4.74 Å². The van der Waals surface area contributed by atoms with Gasteiger partial charge in [0.05, 0.1) is 11.4 Å². The highest BCUT2D eigenvalue weighted by atomic mass is 32.1. The number of benzene rings is 1. The van der Waals surface area contributed by atoms with Gasteiger partial charge < -0.3 is 4.74 Å². The zero-order chi connectivity index (χ0) is 21.9. The van der Waals surface area contributed by atoms with Gasteiger partial charge in [-0.1, -0.05) is 30.4 Å². The molecule has 4 fully saturated rings. The maximum absolute atomic E-state index is 12.5. The molecule has 168 valence electrons. The third-order valence-electron chi connectivity index (χ3n) is 7.98. The Morgan fingerprint density at radius 3 is 2.47 bits per heavy atom. The molecule has 0 aliphatic heterocycles. The van der Waals surface area contributed by atoms with Crippen molar-refractivity contribution in [1.29, 1.82) is 0 Å². The van der Waals surface area contributed by atoms with Crippen LogP contribution < -0.4 is 10.4 Å². The first-order valence-electron chi connectivity index (χ1n) is 11.7. The summed E-state index contributed by atoms with van der Waals surface area (Å²) in [4.78, 5) is 17.4. The van der Waals surface area contributed by atoms with Gasteiger partial charge in [-0.25, -0.2) is 9.78 Å². The molecule has 2 aromatic heterocycles. The highest BCUT2D eigenvalue weighted by Gasteiger charge is 2.52. The molecule has 0 radical (unpaired) electrons. The SMILES string of the molecule is CCc1cccc(-n2nnn(C)c2=O)c1COc1nc(C23CC4CC(CC(C4)C2)C3)cs1. The maximum atomic E-state index is 12.5. The van der Waals surface area contributed by atoms with Crippen LogP contribution in [0.25, 0.3) is 5.69 Å². The second kappa shape index (κ2) is 7.54. The minimum absolute atomic E-state index is 0.266. The van der Waals surface area contributed by atoms with Gasteiger partial charge in [-0.2, -0.15) is 9.36 Å².